The predicted octanol–water partition coefficient (Wildman–Crippen LogP) is 3.51. The van der Waals surface area contributed by atoms with Crippen molar-refractivity contribution < 1.29 is 13.8 Å². The third-order valence-corrected chi connectivity index (χ3v) is 2.17. The van der Waals surface area contributed by atoms with Crippen LogP contribution in [0.2, 0.25) is 0 Å². The molecule has 4 heteroatoms. The van der Waals surface area contributed by atoms with Gasteiger partial charge in [-0.1, -0.05) is 33.1 Å². The summed E-state index contributed by atoms with van der Waals surface area (Å²) in [5.41, 5.74) is 0. The summed E-state index contributed by atoms with van der Waals surface area (Å²) in [5.74, 6) is 0.427. The Labute approximate surface area is 84.5 Å². The van der Waals surface area contributed by atoms with Gasteiger partial charge in [-0.3, -0.25) is 0 Å². The van der Waals surface area contributed by atoms with Crippen LogP contribution in [0.1, 0.15) is 39.5 Å². The Morgan fingerprint density at radius 3 is 2.62 bits per heavy atom. The van der Waals surface area contributed by atoms with E-state index in [9.17, 15) is 4.79 Å². The third-order valence-electron chi connectivity index (χ3n) is 2.04. The van der Waals surface area contributed by atoms with Crippen molar-refractivity contribution in [3.8, 4) is 0 Å². The molecule has 0 spiro atoms. The first-order chi connectivity index (χ1) is 6.24. The first kappa shape index (κ1) is 12.6. The molecule has 13 heavy (non-hydrogen) atoms. The lowest BCUT2D eigenvalue weighted by Gasteiger charge is -2.12. The molecule has 0 aromatic rings. The van der Waals surface area contributed by atoms with E-state index in [0.29, 0.717) is 12.5 Å². The molecule has 1 atom stereocenters. The Kier molecular flexibility index (Phi) is 7.90. The van der Waals surface area contributed by atoms with Crippen molar-refractivity contribution in [1.82, 2.24) is 0 Å². The van der Waals surface area contributed by atoms with Crippen LogP contribution in [0, 0.1) is 5.92 Å². The molecule has 0 amide bonds. The monoisotopic (exact) mass is 208 g/mol. The summed E-state index contributed by atoms with van der Waals surface area (Å²) in [5, 5.41) is 0. The summed E-state index contributed by atoms with van der Waals surface area (Å²) in [6.07, 6.45) is 3.61. The first-order valence-corrected chi connectivity index (χ1v) is 5.00. The number of halogens is 1. The van der Waals surface area contributed by atoms with E-state index in [2.05, 4.69) is 18.1 Å². The zero-order chi connectivity index (χ0) is 10.1. The fraction of sp³-hybridized carbons (Fsp3) is 0.889. The van der Waals surface area contributed by atoms with Crippen molar-refractivity contribution in [1.29, 1.82) is 0 Å². The lowest BCUT2D eigenvalue weighted by Crippen LogP contribution is -2.12. The van der Waals surface area contributed by atoms with Gasteiger partial charge in [0.15, 0.2) is 0 Å². The van der Waals surface area contributed by atoms with E-state index in [1.165, 1.54) is 0 Å². The van der Waals surface area contributed by atoms with Crippen LogP contribution in [0.15, 0.2) is 0 Å². The lowest BCUT2D eigenvalue weighted by atomic mass is 10.0. The molecule has 3 nitrogen and oxygen atoms in total. The molecule has 1 unspecified atom stereocenters. The van der Waals surface area contributed by atoms with E-state index in [1.54, 1.807) is 0 Å². The maximum absolute atomic E-state index is 10.5. The van der Waals surface area contributed by atoms with Crippen LogP contribution in [-0.2, 0) is 9.03 Å². The molecule has 0 aromatic carbocycles. The molecular weight excluding hydrogens is 192 g/mol. The van der Waals surface area contributed by atoms with Gasteiger partial charge >= 0.3 is 6.16 Å². The highest BCUT2D eigenvalue weighted by Gasteiger charge is 2.09. The average Bonchev–Trinajstić information content (AvgIpc) is 2.17. The molecule has 0 saturated heterocycles. The van der Waals surface area contributed by atoms with Gasteiger partial charge in [-0.25, -0.2) is 4.79 Å². The second-order valence-electron chi connectivity index (χ2n) is 3.05. The van der Waals surface area contributed by atoms with Gasteiger partial charge < -0.3 is 9.03 Å². The molecular formula is C9H17ClO3. The van der Waals surface area contributed by atoms with E-state index in [0.717, 1.165) is 25.7 Å². The van der Waals surface area contributed by atoms with Crippen molar-refractivity contribution >= 4 is 18.0 Å². The van der Waals surface area contributed by atoms with Crippen LogP contribution >= 0.6 is 11.9 Å². The standard InChI is InChI=1S/C9H17ClO3/c1-3-5-6-8(4-2)7-12-9(11)13-10/h8H,3-7H2,1-2H3. The second-order valence-corrected chi connectivity index (χ2v) is 3.21. The van der Waals surface area contributed by atoms with Gasteiger partial charge in [-0.05, 0) is 12.3 Å². The van der Waals surface area contributed by atoms with Gasteiger partial charge in [-0.2, -0.15) is 0 Å². The smallest absolute Gasteiger partial charge is 0.433 e. The highest BCUT2D eigenvalue weighted by Crippen LogP contribution is 2.13. The largest absolute Gasteiger partial charge is 0.526 e. The zero-order valence-electron chi connectivity index (χ0n) is 8.22. The predicted molar refractivity (Wildman–Crippen MR) is 51.6 cm³/mol. The van der Waals surface area contributed by atoms with Gasteiger partial charge in [0, 0.05) is 0 Å². The topological polar surface area (TPSA) is 35.5 Å². The summed E-state index contributed by atoms with van der Waals surface area (Å²) in [6.45, 7) is 4.62. The number of carbonyl (C=O) groups is 1. The summed E-state index contributed by atoms with van der Waals surface area (Å²) in [7, 11) is 0. The molecule has 0 heterocycles. The maximum atomic E-state index is 10.5. The highest BCUT2D eigenvalue weighted by atomic mass is 35.5. The highest BCUT2D eigenvalue weighted by molar-refractivity contribution is 6.12. The minimum absolute atomic E-state index is 0.405. The molecule has 0 aromatic heterocycles. The second kappa shape index (κ2) is 8.17. The van der Waals surface area contributed by atoms with Crippen LogP contribution in [-0.4, -0.2) is 12.8 Å². The molecule has 0 rings (SSSR count). The van der Waals surface area contributed by atoms with E-state index in [-0.39, 0.29) is 0 Å². The maximum Gasteiger partial charge on any atom is 0.526 e. The first-order valence-electron chi connectivity index (χ1n) is 4.69. The van der Waals surface area contributed by atoms with E-state index < -0.39 is 6.16 Å². The number of unbranched alkanes of at least 4 members (excludes halogenated alkanes) is 1. The van der Waals surface area contributed by atoms with E-state index in [4.69, 9.17) is 16.6 Å². The molecule has 0 aliphatic rings. The van der Waals surface area contributed by atoms with Crippen molar-refractivity contribution in [2.75, 3.05) is 6.61 Å². The Balaban J connectivity index is 3.52. The van der Waals surface area contributed by atoms with Crippen molar-refractivity contribution in [3.05, 3.63) is 0 Å². The fourth-order valence-corrected chi connectivity index (χ4v) is 1.15. The van der Waals surface area contributed by atoms with Gasteiger partial charge in [0.1, 0.15) is 11.9 Å². The minimum atomic E-state index is -0.809. The van der Waals surface area contributed by atoms with Gasteiger partial charge in [0.05, 0.1) is 6.61 Å². The molecule has 78 valence electrons. The quantitative estimate of drug-likeness (QED) is 0.627. The molecule has 0 bridgehead atoms. The van der Waals surface area contributed by atoms with E-state index in [1.807, 2.05) is 0 Å². The average molecular weight is 209 g/mol. The summed E-state index contributed by atoms with van der Waals surface area (Å²) in [6, 6.07) is 0. The summed E-state index contributed by atoms with van der Waals surface area (Å²) in [4.78, 5) is 10.5. The summed E-state index contributed by atoms with van der Waals surface area (Å²) < 4.78 is 8.61. The van der Waals surface area contributed by atoms with Crippen molar-refractivity contribution in [2.45, 2.75) is 39.5 Å². The summed E-state index contributed by atoms with van der Waals surface area (Å²) >= 11 is 4.81. The molecule has 0 aliphatic carbocycles. The van der Waals surface area contributed by atoms with Crippen LogP contribution in [0.5, 0.6) is 0 Å². The Morgan fingerprint density at radius 1 is 1.46 bits per heavy atom. The number of hydrogen-bond donors (Lipinski definition) is 0. The number of hydrogen-bond acceptors (Lipinski definition) is 3. The molecule has 0 saturated carbocycles. The van der Waals surface area contributed by atoms with Crippen LogP contribution < -0.4 is 0 Å². The SMILES string of the molecule is CCCCC(CC)COC(=O)OCl. The Morgan fingerprint density at radius 2 is 2.15 bits per heavy atom. The van der Waals surface area contributed by atoms with Gasteiger partial charge in [-0.15, -0.1) is 0 Å². The molecule has 0 fully saturated rings. The lowest BCUT2D eigenvalue weighted by molar-refractivity contribution is 0.0842. The number of carbonyl (C=O) groups excluding carboxylic acids is 1. The fourth-order valence-electron chi connectivity index (χ4n) is 1.11. The molecule has 0 N–H and O–H groups in total. The van der Waals surface area contributed by atoms with Gasteiger partial charge in [0.25, 0.3) is 0 Å². The van der Waals surface area contributed by atoms with Crippen LogP contribution in [0.4, 0.5) is 4.79 Å². The Hall–Kier alpha value is -0.440. The van der Waals surface area contributed by atoms with Crippen LogP contribution in [0.25, 0.3) is 0 Å². The van der Waals surface area contributed by atoms with Crippen LogP contribution in [0.3, 0.4) is 0 Å². The van der Waals surface area contributed by atoms with Crippen molar-refractivity contribution in [2.24, 2.45) is 5.92 Å². The third kappa shape index (κ3) is 6.70. The number of rotatable bonds is 6. The molecule has 0 aliphatic heterocycles. The normalized spacial score (nSPS) is 12.2. The van der Waals surface area contributed by atoms with Gasteiger partial charge in [0.2, 0.25) is 0 Å². The Bertz CT molecular complexity index is 139. The number of ether oxygens (including phenoxy) is 1. The van der Waals surface area contributed by atoms with Crippen molar-refractivity contribution in [3.63, 3.8) is 0 Å². The minimum Gasteiger partial charge on any atom is -0.433 e. The zero-order valence-corrected chi connectivity index (χ0v) is 8.97. The van der Waals surface area contributed by atoms with E-state index >= 15 is 0 Å². The molecule has 0 radical (unpaired) electrons.